The Morgan fingerprint density at radius 1 is 1.00 bits per heavy atom. The number of aliphatic hydroxyl groups excluding tert-OH is 1. The van der Waals surface area contributed by atoms with E-state index in [1.54, 1.807) is 19.1 Å². The highest BCUT2D eigenvalue weighted by Crippen LogP contribution is 2.38. The number of benzene rings is 2. The molecule has 0 aliphatic carbocycles. The summed E-state index contributed by atoms with van der Waals surface area (Å²) in [6.45, 7) is 3.16. The zero-order valence-electron chi connectivity index (χ0n) is 12.7. The first-order chi connectivity index (χ1) is 10.4. The van der Waals surface area contributed by atoms with E-state index in [4.69, 9.17) is 0 Å². The SMILES string of the molecule is CCC(CO)(c1ccc(C)cc1)S(=O)(=O)c1ccc(O)cc1. The fraction of sp³-hybridized carbons (Fsp3) is 0.294. The summed E-state index contributed by atoms with van der Waals surface area (Å²) in [5, 5.41) is 19.3. The molecule has 0 aliphatic heterocycles. The van der Waals surface area contributed by atoms with Crippen molar-refractivity contribution in [1.29, 1.82) is 0 Å². The zero-order valence-corrected chi connectivity index (χ0v) is 13.5. The Hall–Kier alpha value is -1.85. The second kappa shape index (κ2) is 6.10. The molecule has 5 heteroatoms. The normalized spacial score (nSPS) is 14.5. The largest absolute Gasteiger partial charge is 0.508 e. The van der Waals surface area contributed by atoms with Crippen LogP contribution in [0.4, 0.5) is 0 Å². The first kappa shape index (κ1) is 16.5. The van der Waals surface area contributed by atoms with Gasteiger partial charge in [-0.15, -0.1) is 0 Å². The predicted molar refractivity (Wildman–Crippen MR) is 85.5 cm³/mol. The zero-order chi connectivity index (χ0) is 16.4. The average molecular weight is 320 g/mol. The number of hydrogen-bond donors (Lipinski definition) is 2. The third-order valence-electron chi connectivity index (χ3n) is 4.07. The maximum absolute atomic E-state index is 13.1. The van der Waals surface area contributed by atoms with Crippen molar-refractivity contribution in [3.05, 3.63) is 59.7 Å². The lowest BCUT2D eigenvalue weighted by Gasteiger charge is -2.31. The third-order valence-corrected chi connectivity index (χ3v) is 6.64. The van der Waals surface area contributed by atoms with Gasteiger partial charge in [0.15, 0.2) is 9.84 Å². The molecule has 0 saturated heterocycles. The fourth-order valence-electron chi connectivity index (χ4n) is 2.55. The number of aromatic hydroxyl groups is 1. The Morgan fingerprint density at radius 3 is 2.00 bits per heavy atom. The Morgan fingerprint density at radius 2 is 1.55 bits per heavy atom. The van der Waals surface area contributed by atoms with Crippen LogP contribution in [0.15, 0.2) is 53.4 Å². The molecule has 1 atom stereocenters. The van der Waals surface area contributed by atoms with Gasteiger partial charge in [0.05, 0.1) is 11.5 Å². The van der Waals surface area contributed by atoms with Gasteiger partial charge in [0.25, 0.3) is 0 Å². The van der Waals surface area contributed by atoms with Gasteiger partial charge in [0.2, 0.25) is 0 Å². The summed E-state index contributed by atoms with van der Waals surface area (Å²) in [6.07, 6.45) is 0.246. The van der Waals surface area contributed by atoms with Crippen LogP contribution < -0.4 is 0 Å². The van der Waals surface area contributed by atoms with E-state index >= 15 is 0 Å². The minimum Gasteiger partial charge on any atom is -0.508 e. The highest BCUT2D eigenvalue weighted by molar-refractivity contribution is 7.92. The second-order valence-corrected chi connectivity index (χ2v) is 7.63. The van der Waals surface area contributed by atoms with Crippen molar-refractivity contribution in [3.63, 3.8) is 0 Å². The molecular weight excluding hydrogens is 300 g/mol. The molecule has 1 unspecified atom stereocenters. The van der Waals surface area contributed by atoms with Crippen LogP contribution in [0.25, 0.3) is 0 Å². The fourth-order valence-corrected chi connectivity index (χ4v) is 4.49. The monoisotopic (exact) mass is 320 g/mol. The van der Waals surface area contributed by atoms with Crippen LogP contribution in [0.2, 0.25) is 0 Å². The van der Waals surface area contributed by atoms with Crippen molar-refractivity contribution in [3.8, 4) is 5.75 Å². The second-order valence-electron chi connectivity index (χ2n) is 5.37. The molecule has 0 amide bonds. The van der Waals surface area contributed by atoms with Crippen LogP contribution in [0.3, 0.4) is 0 Å². The summed E-state index contributed by atoms with van der Waals surface area (Å²) < 4.78 is 24.8. The van der Waals surface area contributed by atoms with Crippen LogP contribution in [-0.2, 0) is 14.6 Å². The molecule has 4 nitrogen and oxygen atoms in total. The summed E-state index contributed by atoms with van der Waals surface area (Å²) in [5.41, 5.74) is 1.59. The Bertz CT molecular complexity index is 727. The smallest absolute Gasteiger partial charge is 0.190 e. The van der Waals surface area contributed by atoms with E-state index in [0.717, 1.165) is 5.56 Å². The van der Waals surface area contributed by atoms with E-state index in [-0.39, 0.29) is 17.1 Å². The molecule has 2 aromatic carbocycles. The van der Waals surface area contributed by atoms with E-state index in [1.807, 2.05) is 19.1 Å². The van der Waals surface area contributed by atoms with Crippen LogP contribution >= 0.6 is 0 Å². The number of aliphatic hydroxyl groups is 1. The Kier molecular flexibility index (Phi) is 4.58. The maximum atomic E-state index is 13.1. The standard InChI is InChI=1S/C17H20O4S/c1-3-17(12-18,14-6-4-13(2)5-7-14)22(20,21)16-10-8-15(19)9-11-16/h4-11,18-19H,3,12H2,1-2H3. The van der Waals surface area contributed by atoms with Gasteiger partial charge in [-0.25, -0.2) is 8.42 Å². The van der Waals surface area contributed by atoms with Crippen molar-refractivity contribution in [2.45, 2.75) is 29.9 Å². The van der Waals surface area contributed by atoms with Crippen LogP contribution in [0.1, 0.15) is 24.5 Å². The molecule has 0 heterocycles. The summed E-state index contributed by atoms with van der Waals surface area (Å²) in [7, 11) is -3.81. The quantitative estimate of drug-likeness (QED) is 0.888. The molecule has 0 spiro atoms. The van der Waals surface area contributed by atoms with Gasteiger partial charge in [-0.2, -0.15) is 0 Å². The summed E-state index contributed by atoms with van der Waals surface area (Å²) in [6, 6.07) is 12.5. The average Bonchev–Trinajstić information content (AvgIpc) is 2.51. The highest BCUT2D eigenvalue weighted by atomic mass is 32.2. The van der Waals surface area contributed by atoms with Gasteiger partial charge in [0.1, 0.15) is 10.5 Å². The summed E-state index contributed by atoms with van der Waals surface area (Å²) >= 11 is 0. The molecule has 0 saturated carbocycles. The van der Waals surface area contributed by atoms with E-state index in [9.17, 15) is 18.6 Å². The van der Waals surface area contributed by atoms with E-state index in [0.29, 0.717) is 5.56 Å². The number of phenolic OH excluding ortho intramolecular Hbond substituents is 1. The van der Waals surface area contributed by atoms with Gasteiger partial charge < -0.3 is 10.2 Å². The van der Waals surface area contributed by atoms with E-state index in [2.05, 4.69) is 0 Å². The van der Waals surface area contributed by atoms with Gasteiger partial charge in [-0.1, -0.05) is 36.8 Å². The van der Waals surface area contributed by atoms with E-state index in [1.165, 1.54) is 24.3 Å². The van der Waals surface area contributed by atoms with Crippen LogP contribution in [0.5, 0.6) is 5.75 Å². The van der Waals surface area contributed by atoms with Crippen LogP contribution in [-0.4, -0.2) is 25.2 Å². The predicted octanol–water partition coefficient (Wildman–Crippen LogP) is 2.77. The lowest BCUT2D eigenvalue weighted by atomic mass is 9.95. The number of aryl methyl sites for hydroxylation is 1. The molecule has 2 N–H and O–H groups in total. The minimum absolute atomic E-state index is 0.000354. The van der Waals surface area contributed by atoms with Crippen LogP contribution in [0, 0.1) is 6.92 Å². The topological polar surface area (TPSA) is 74.6 Å². The van der Waals surface area contributed by atoms with Crippen molar-refractivity contribution >= 4 is 9.84 Å². The molecule has 2 rings (SSSR count). The van der Waals surface area contributed by atoms with Crippen molar-refractivity contribution in [1.82, 2.24) is 0 Å². The molecule has 118 valence electrons. The molecule has 0 aliphatic rings. The first-order valence-electron chi connectivity index (χ1n) is 7.09. The molecule has 0 radical (unpaired) electrons. The highest BCUT2D eigenvalue weighted by Gasteiger charge is 2.44. The summed E-state index contributed by atoms with van der Waals surface area (Å²) in [4.78, 5) is 0.0850. The van der Waals surface area contributed by atoms with Crippen molar-refractivity contribution in [2.24, 2.45) is 0 Å². The summed E-state index contributed by atoms with van der Waals surface area (Å²) in [5.74, 6) is 0.000354. The Labute approximate surface area is 131 Å². The van der Waals surface area contributed by atoms with Gasteiger partial charge >= 0.3 is 0 Å². The molecule has 0 aromatic heterocycles. The molecule has 22 heavy (non-hydrogen) atoms. The number of sulfone groups is 1. The minimum atomic E-state index is -3.81. The van der Waals surface area contributed by atoms with Gasteiger partial charge in [0, 0.05) is 0 Å². The molecule has 0 bridgehead atoms. The van der Waals surface area contributed by atoms with Gasteiger partial charge in [-0.3, -0.25) is 0 Å². The number of hydrogen-bond acceptors (Lipinski definition) is 4. The van der Waals surface area contributed by atoms with Crippen molar-refractivity contribution in [2.75, 3.05) is 6.61 Å². The number of rotatable bonds is 5. The molecule has 0 fully saturated rings. The van der Waals surface area contributed by atoms with Gasteiger partial charge in [-0.05, 0) is 43.2 Å². The maximum Gasteiger partial charge on any atom is 0.190 e. The Balaban J connectivity index is 2.64. The lowest BCUT2D eigenvalue weighted by Crippen LogP contribution is -2.39. The third kappa shape index (κ3) is 2.62. The number of phenols is 1. The lowest BCUT2D eigenvalue weighted by molar-refractivity contribution is 0.237. The molecular formula is C17H20O4S. The van der Waals surface area contributed by atoms with E-state index < -0.39 is 21.2 Å². The molecule has 2 aromatic rings. The first-order valence-corrected chi connectivity index (χ1v) is 8.57. The van der Waals surface area contributed by atoms with Crippen molar-refractivity contribution < 1.29 is 18.6 Å².